The highest BCUT2D eigenvalue weighted by Gasteiger charge is 2.43. The Morgan fingerprint density at radius 3 is 2.83 bits per heavy atom. The van der Waals surface area contributed by atoms with Gasteiger partial charge in [0.1, 0.15) is 5.01 Å². The maximum atomic E-state index is 4.92. The van der Waals surface area contributed by atoms with Gasteiger partial charge < -0.3 is 5.32 Å². The van der Waals surface area contributed by atoms with E-state index in [1.807, 2.05) is 11.3 Å². The molecule has 1 fully saturated rings. The van der Waals surface area contributed by atoms with E-state index in [0.717, 1.165) is 6.54 Å². The SMILES string of the molecule is CCCNC1(c2nc(C(C)C)cs2)CCCC1C. The maximum absolute atomic E-state index is 4.92. The van der Waals surface area contributed by atoms with E-state index < -0.39 is 0 Å². The second-order valence-corrected chi connectivity index (χ2v) is 6.78. The van der Waals surface area contributed by atoms with Gasteiger partial charge in [-0.3, -0.25) is 0 Å². The van der Waals surface area contributed by atoms with Crippen molar-refractivity contribution in [3.8, 4) is 0 Å². The van der Waals surface area contributed by atoms with Crippen LogP contribution in [0, 0.1) is 5.92 Å². The zero-order valence-corrected chi connectivity index (χ0v) is 12.9. The third-order valence-corrected chi connectivity index (χ3v) is 5.27. The van der Waals surface area contributed by atoms with E-state index in [1.54, 1.807) is 0 Å². The molecule has 0 spiro atoms. The van der Waals surface area contributed by atoms with Gasteiger partial charge in [0.25, 0.3) is 0 Å². The lowest BCUT2D eigenvalue weighted by Crippen LogP contribution is -2.44. The molecule has 2 atom stereocenters. The first-order valence-corrected chi connectivity index (χ1v) is 8.19. The minimum Gasteiger partial charge on any atom is -0.305 e. The van der Waals surface area contributed by atoms with E-state index >= 15 is 0 Å². The first-order valence-electron chi connectivity index (χ1n) is 7.31. The molecule has 1 heterocycles. The molecule has 1 N–H and O–H groups in total. The van der Waals surface area contributed by atoms with Crippen molar-refractivity contribution in [3.63, 3.8) is 0 Å². The van der Waals surface area contributed by atoms with E-state index in [4.69, 9.17) is 4.98 Å². The van der Waals surface area contributed by atoms with Crippen LogP contribution < -0.4 is 5.32 Å². The normalized spacial score (nSPS) is 28.2. The van der Waals surface area contributed by atoms with E-state index in [2.05, 4.69) is 38.4 Å². The summed E-state index contributed by atoms with van der Waals surface area (Å²) >= 11 is 1.85. The third kappa shape index (κ3) is 2.48. The Balaban J connectivity index is 2.27. The molecule has 0 amide bonds. The lowest BCUT2D eigenvalue weighted by molar-refractivity contribution is 0.262. The standard InChI is InChI=1S/C15H26N2S/c1-5-9-16-15(8-6-7-12(15)4)14-17-13(10-18-14)11(2)3/h10-12,16H,5-9H2,1-4H3. The second kappa shape index (κ2) is 5.70. The van der Waals surface area contributed by atoms with Crippen LogP contribution >= 0.6 is 11.3 Å². The zero-order valence-electron chi connectivity index (χ0n) is 12.1. The molecule has 2 unspecified atom stereocenters. The fourth-order valence-corrected chi connectivity index (χ4v) is 4.24. The van der Waals surface area contributed by atoms with Gasteiger partial charge in [0.05, 0.1) is 11.2 Å². The molecule has 1 aliphatic rings. The largest absolute Gasteiger partial charge is 0.305 e. The zero-order chi connectivity index (χ0) is 13.2. The van der Waals surface area contributed by atoms with Gasteiger partial charge >= 0.3 is 0 Å². The number of rotatable bonds is 5. The average Bonchev–Trinajstić information content (AvgIpc) is 2.94. The second-order valence-electron chi connectivity index (χ2n) is 5.92. The summed E-state index contributed by atoms with van der Waals surface area (Å²) in [7, 11) is 0. The van der Waals surface area contributed by atoms with Gasteiger partial charge in [-0.15, -0.1) is 11.3 Å². The molecule has 102 valence electrons. The molecule has 0 radical (unpaired) electrons. The molecule has 0 bridgehead atoms. The molecule has 0 aliphatic heterocycles. The average molecular weight is 266 g/mol. The van der Waals surface area contributed by atoms with Crippen molar-refractivity contribution >= 4 is 11.3 Å². The summed E-state index contributed by atoms with van der Waals surface area (Å²) in [4.78, 5) is 4.92. The van der Waals surface area contributed by atoms with Crippen LogP contribution in [0.25, 0.3) is 0 Å². The summed E-state index contributed by atoms with van der Waals surface area (Å²) < 4.78 is 0. The molecule has 1 aliphatic carbocycles. The molecule has 2 nitrogen and oxygen atoms in total. The molecule has 0 saturated heterocycles. The molecule has 1 aromatic rings. The molecule has 2 rings (SSSR count). The molecular weight excluding hydrogens is 240 g/mol. The summed E-state index contributed by atoms with van der Waals surface area (Å²) in [5.74, 6) is 1.24. The Bertz CT molecular complexity index is 386. The first kappa shape index (κ1) is 14.0. The maximum Gasteiger partial charge on any atom is 0.113 e. The minimum absolute atomic E-state index is 0.161. The molecule has 18 heavy (non-hydrogen) atoms. The smallest absolute Gasteiger partial charge is 0.113 e. The Kier molecular flexibility index (Phi) is 4.44. The van der Waals surface area contributed by atoms with E-state index in [9.17, 15) is 0 Å². The van der Waals surface area contributed by atoms with Crippen LogP contribution in [0.1, 0.15) is 70.0 Å². The van der Waals surface area contributed by atoms with Crippen molar-refractivity contribution in [2.75, 3.05) is 6.54 Å². The molecule has 1 saturated carbocycles. The highest BCUT2D eigenvalue weighted by molar-refractivity contribution is 7.09. The summed E-state index contributed by atoms with van der Waals surface area (Å²) in [6.07, 6.45) is 5.10. The minimum atomic E-state index is 0.161. The predicted molar refractivity (Wildman–Crippen MR) is 79.2 cm³/mol. The third-order valence-electron chi connectivity index (χ3n) is 4.24. The number of hydrogen-bond donors (Lipinski definition) is 1. The lowest BCUT2D eigenvalue weighted by Gasteiger charge is -2.33. The van der Waals surface area contributed by atoms with Gasteiger partial charge in [-0.2, -0.15) is 0 Å². The highest BCUT2D eigenvalue weighted by Crippen LogP contribution is 2.44. The Hall–Kier alpha value is -0.410. The van der Waals surface area contributed by atoms with Gasteiger partial charge in [-0.25, -0.2) is 4.98 Å². The quantitative estimate of drug-likeness (QED) is 0.860. The summed E-state index contributed by atoms with van der Waals surface area (Å²) in [6.45, 7) is 10.2. The highest BCUT2D eigenvalue weighted by atomic mass is 32.1. The fraction of sp³-hybridized carbons (Fsp3) is 0.800. The van der Waals surface area contributed by atoms with Crippen LogP contribution in [0.3, 0.4) is 0 Å². The topological polar surface area (TPSA) is 24.9 Å². The van der Waals surface area contributed by atoms with Crippen molar-refractivity contribution in [1.82, 2.24) is 10.3 Å². The number of hydrogen-bond acceptors (Lipinski definition) is 3. The van der Waals surface area contributed by atoms with Crippen molar-refractivity contribution in [2.45, 2.75) is 64.8 Å². The molecular formula is C15H26N2S. The van der Waals surface area contributed by atoms with Crippen molar-refractivity contribution in [3.05, 3.63) is 16.1 Å². The van der Waals surface area contributed by atoms with E-state index in [-0.39, 0.29) is 5.54 Å². The first-order chi connectivity index (χ1) is 8.60. The predicted octanol–water partition coefficient (Wildman–Crippen LogP) is 4.28. The van der Waals surface area contributed by atoms with Gasteiger partial charge in [0.15, 0.2) is 0 Å². The van der Waals surface area contributed by atoms with Crippen molar-refractivity contribution in [2.24, 2.45) is 5.92 Å². The Morgan fingerprint density at radius 2 is 2.33 bits per heavy atom. The van der Waals surface area contributed by atoms with Gasteiger partial charge in [0, 0.05) is 5.38 Å². The monoisotopic (exact) mass is 266 g/mol. The van der Waals surface area contributed by atoms with Crippen molar-refractivity contribution < 1.29 is 0 Å². The van der Waals surface area contributed by atoms with Crippen LogP contribution in [0.15, 0.2) is 5.38 Å². The summed E-state index contributed by atoms with van der Waals surface area (Å²) in [5, 5.41) is 7.39. The fourth-order valence-electron chi connectivity index (χ4n) is 2.94. The Morgan fingerprint density at radius 1 is 1.56 bits per heavy atom. The van der Waals surface area contributed by atoms with Gasteiger partial charge in [-0.05, 0) is 37.6 Å². The van der Waals surface area contributed by atoms with Crippen LogP contribution in [-0.4, -0.2) is 11.5 Å². The Labute approximate surface area is 115 Å². The van der Waals surface area contributed by atoms with Crippen LogP contribution in [0.5, 0.6) is 0 Å². The van der Waals surface area contributed by atoms with Gasteiger partial charge in [-0.1, -0.05) is 34.1 Å². The van der Waals surface area contributed by atoms with Crippen molar-refractivity contribution in [1.29, 1.82) is 0 Å². The number of thiazole rings is 1. The van der Waals surface area contributed by atoms with Crippen LogP contribution in [0.2, 0.25) is 0 Å². The summed E-state index contributed by atoms with van der Waals surface area (Å²) in [6, 6.07) is 0. The van der Waals surface area contributed by atoms with Crippen LogP contribution in [-0.2, 0) is 5.54 Å². The van der Waals surface area contributed by atoms with Gasteiger partial charge in [0.2, 0.25) is 0 Å². The number of nitrogens with zero attached hydrogens (tertiary/aromatic N) is 1. The van der Waals surface area contributed by atoms with Crippen LogP contribution in [0.4, 0.5) is 0 Å². The molecule has 1 aromatic heterocycles. The summed E-state index contributed by atoms with van der Waals surface area (Å²) in [5.41, 5.74) is 1.42. The number of nitrogens with one attached hydrogen (secondary N) is 1. The van der Waals surface area contributed by atoms with E-state index in [1.165, 1.54) is 36.4 Å². The molecule has 3 heteroatoms. The molecule has 0 aromatic carbocycles. The number of aromatic nitrogens is 1. The van der Waals surface area contributed by atoms with E-state index in [0.29, 0.717) is 11.8 Å². The lowest BCUT2D eigenvalue weighted by atomic mass is 9.88.